The van der Waals surface area contributed by atoms with Crippen LogP contribution in [-0.4, -0.2) is 49.9 Å². The molecule has 5 nitrogen and oxygen atoms in total. The van der Waals surface area contributed by atoms with Gasteiger partial charge in [-0.25, -0.2) is 0 Å². The van der Waals surface area contributed by atoms with E-state index in [0.29, 0.717) is 0 Å². The number of hydrogen-bond acceptors (Lipinski definition) is 5. The fraction of sp³-hybridized carbons (Fsp3) is 1.00. The van der Waals surface area contributed by atoms with Gasteiger partial charge in [-0.15, -0.1) is 0 Å². The van der Waals surface area contributed by atoms with Crippen LogP contribution in [0.25, 0.3) is 0 Å². The third-order valence-corrected chi connectivity index (χ3v) is 8.74. The van der Waals surface area contributed by atoms with Gasteiger partial charge in [0.25, 0.3) is 8.48 Å². The summed E-state index contributed by atoms with van der Waals surface area (Å²) >= 11 is 0. The molecule has 0 bridgehead atoms. The summed E-state index contributed by atoms with van der Waals surface area (Å²) in [6.07, 6.45) is 1.12. The van der Waals surface area contributed by atoms with Crippen molar-refractivity contribution >= 4 is 17.3 Å². The molecule has 90 valence electrons. The number of hydrogen-bond donors (Lipinski definition) is 0. The van der Waals surface area contributed by atoms with E-state index in [-0.39, 0.29) is 0 Å². The molecule has 1 rings (SSSR count). The van der Waals surface area contributed by atoms with Crippen LogP contribution in [0, 0.1) is 0 Å². The summed E-state index contributed by atoms with van der Waals surface area (Å²) in [5.41, 5.74) is 0. The maximum Gasteiger partial charge on any atom is 0.513 e. The van der Waals surface area contributed by atoms with Gasteiger partial charge in [0.15, 0.2) is 0 Å². The van der Waals surface area contributed by atoms with E-state index in [1.165, 1.54) is 0 Å². The molecule has 0 aromatic heterocycles. The lowest BCUT2D eigenvalue weighted by molar-refractivity contribution is -0.0596. The molecule has 0 amide bonds. The first-order chi connectivity index (χ1) is 6.99. The summed E-state index contributed by atoms with van der Waals surface area (Å²) in [6, 6.07) is 1.10. The van der Waals surface area contributed by atoms with Crippen molar-refractivity contribution in [3.8, 4) is 0 Å². The van der Waals surface area contributed by atoms with Crippen molar-refractivity contribution in [1.82, 2.24) is 4.73 Å². The van der Waals surface area contributed by atoms with E-state index < -0.39 is 17.3 Å². The lowest BCUT2D eigenvalue weighted by Crippen LogP contribution is -2.55. The zero-order chi connectivity index (χ0) is 11.5. The molecule has 0 N–H and O–H groups in total. The van der Waals surface area contributed by atoms with Gasteiger partial charge < -0.3 is 13.3 Å². The lowest BCUT2D eigenvalue weighted by atomic mass is 10.5. The molecule has 1 aliphatic rings. The van der Waals surface area contributed by atoms with E-state index in [4.69, 9.17) is 17.8 Å². The van der Waals surface area contributed by atoms with Crippen LogP contribution in [0.3, 0.4) is 0 Å². The predicted octanol–water partition coefficient (Wildman–Crippen LogP) is 1.20. The van der Waals surface area contributed by atoms with Crippen LogP contribution in [-0.2, 0) is 17.8 Å². The van der Waals surface area contributed by atoms with E-state index >= 15 is 0 Å². The minimum absolute atomic E-state index is 0.909. The maximum absolute atomic E-state index is 5.87. The zero-order valence-corrected chi connectivity index (χ0v) is 12.2. The Bertz CT molecular complexity index is 215. The van der Waals surface area contributed by atoms with Crippen LogP contribution in [0.1, 0.15) is 6.42 Å². The van der Waals surface area contributed by atoms with Crippen molar-refractivity contribution < 1.29 is 17.8 Å². The molecule has 0 aromatic carbocycles. The van der Waals surface area contributed by atoms with Crippen LogP contribution in [0.5, 0.6) is 0 Å². The van der Waals surface area contributed by atoms with Crippen LogP contribution in [0.15, 0.2) is 0 Å². The Morgan fingerprint density at radius 3 is 2.27 bits per heavy atom. The molecule has 0 aliphatic carbocycles. The van der Waals surface area contributed by atoms with Crippen LogP contribution in [0.2, 0.25) is 19.1 Å². The highest BCUT2D eigenvalue weighted by atomic mass is 28.4. The summed E-state index contributed by atoms with van der Waals surface area (Å²) in [5.74, 6) is 0. The summed E-state index contributed by atoms with van der Waals surface area (Å²) in [5, 5.41) is 0. The average Bonchev–Trinajstić information content (AvgIpc) is 2.61. The maximum atomic E-state index is 5.87. The van der Waals surface area contributed by atoms with Crippen LogP contribution < -0.4 is 0 Å². The highest BCUT2D eigenvalue weighted by molar-refractivity contribution is 6.71. The Kier molecular flexibility index (Phi) is 4.47. The number of nitrogens with zero attached hydrogens (tertiary/aromatic N) is 1. The minimum Gasteiger partial charge on any atom is -0.405 e. The number of hydroxylamine groups is 1. The van der Waals surface area contributed by atoms with Gasteiger partial charge in [-0.05, 0) is 19.0 Å². The predicted molar refractivity (Wildman–Crippen MR) is 61.5 cm³/mol. The summed E-state index contributed by atoms with van der Waals surface area (Å²) in [7, 11) is 0.668. The molecule has 1 aliphatic heterocycles. The molecule has 1 heterocycles. The van der Waals surface area contributed by atoms with Gasteiger partial charge in [0.1, 0.15) is 0 Å². The van der Waals surface area contributed by atoms with Gasteiger partial charge in [0.2, 0.25) is 0 Å². The normalized spacial score (nSPS) is 28.6. The molecule has 1 fully saturated rings. The first kappa shape index (κ1) is 13.3. The SMILES string of the molecule is CO[Si](C)(OC)ON1CCC[Si]1(C)OC. The summed E-state index contributed by atoms with van der Waals surface area (Å²) < 4.78 is 24.1. The van der Waals surface area contributed by atoms with Crippen molar-refractivity contribution in [2.24, 2.45) is 0 Å². The van der Waals surface area contributed by atoms with Gasteiger partial charge in [0.05, 0.1) is 0 Å². The van der Waals surface area contributed by atoms with Crippen molar-refractivity contribution in [1.29, 1.82) is 0 Å². The number of rotatable bonds is 5. The minimum atomic E-state index is -2.49. The van der Waals surface area contributed by atoms with Gasteiger partial charge in [-0.1, -0.05) is 0 Å². The standard InChI is InChI=1S/C8H21NO4Si2/c1-10-14(4)8-6-7-9(14)13-15(5,11-2)12-3/h6-8H2,1-5H3. The molecular formula is C8H21NO4Si2. The van der Waals surface area contributed by atoms with Crippen LogP contribution >= 0.6 is 0 Å². The molecule has 1 unspecified atom stereocenters. The molecule has 0 aromatic rings. The van der Waals surface area contributed by atoms with Gasteiger partial charge in [0, 0.05) is 34.4 Å². The third-order valence-electron chi connectivity index (χ3n) is 2.99. The van der Waals surface area contributed by atoms with Gasteiger partial charge in [-0.2, -0.15) is 4.73 Å². The van der Waals surface area contributed by atoms with Crippen molar-refractivity contribution in [3.63, 3.8) is 0 Å². The molecule has 15 heavy (non-hydrogen) atoms. The topological polar surface area (TPSA) is 40.2 Å². The molecule has 0 radical (unpaired) electrons. The highest BCUT2D eigenvalue weighted by Gasteiger charge is 2.47. The first-order valence-corrected chi connectivity index (χ1v) is 9.90. The molecular weight excluding hydrogens is 230 g/mol. The van der Waals surface area contributed by atoms with Crippen LogP contribution in [0.4, 0.5) is 0 Å². The first-order valence-electron chi connectivity index (χ1n) is 5.12. The second-order valence-corrected chi connectivity index (χ2v) is 10.4. The largest absolute Gasteiger partial charge is 0.513 e. The van der Waals surface area contributed by atoms with Gasteiger partial charge >= 0.3 is 8.80 Å². The Morgan fingerprint density at radius 1 is 1.20 bits per heavy atom. The average molecular weight is 251 g/mol. The lowest BCUT2D eigenvalue weighted by Gasteiger charge is -2.35. The summed E-state index contributed by atoms with van der Waals surface area (Å²) in [6.45, 7) is 4.95. The van der Waals surface area contributed by atoms with E-state index in [9.17, 15) is 0 Å². The molecule has 1 atom stereocenters. The fourth-order valence-electron chi connectivity index (χ4n) is 1.62. The zero-order valence-electron chi connectivity index (χ0n) is 10.2. The molecule has 0 spiro atoms. The quantitative estimate of drug-likeness (QED) is 0.687. The Morgan fingerprint density at radius 2 is 1.80 bits per heavy atom. The smallest absolute Gasteiger partial charge is 0.405 e. The van der Waals surface area contributed by atoms with Crippen molar-refractivity contribution in [2.75, 3.05) is 27.9 Å². The molecule has 7 heteroatoms. The van der Waals surface area contributed by atoms with E-state index in [1.807, 2.05) is 11.3 Å². The fourth-order valence-corrected chi connectivity index (χ4v) is 5.80. The Hall–Kier alpha value is 0.234. The third kappa shape index (κ3) is 2.87. The Labute approximate surface area is 93.8 Å². The molecule has 1 saturated heterocycles. The van der Waals surface area contributed by atoms with Gasteiger partial charge in [-0.3, -0.25) is 4.53 Å². The van der Waals surface area contributed by atoms with E-state index in [0.717, 1.165) is 19.0 Å². The molecule has 0 saturated carbocycles. The van der Waals surface area contributed by atoms with E-state index in [2.05, 4.69) is 6.55 Å². The van der Waals surface area contributed by atoms with Crippen molar-refractivity contribution in [2.45, 2.75) is 25.6 Å². The highest BCUT2D eigenvalue weighted by Crippen LogP contribution is 2.28. The van der Waals surface area contributed by atoms with Crippen molar-refractivity contribution in [3.05, 3.63) is 0 Å². The van der Waals surface area contributed by atoms with E-state index in [1.54, 1.807) is 21.3 Å². The second-order valence-electron chi connectivity index (χ2n) is 3.95. The Balaban J connectivity index is 2.64. The second kappa shape index (κ2) is 5.04. The monoisotopic (exact) mass is 251 g/mol. The summed E-state index contributed by atoms with van der Waals surface area (Å²) in [4.78, 5) is 0.